The number of hydrogen-bond donors (Lipinski definition) is 1. The number of hydrogen-bond acceptors (Lipinski definition) is 7. The molecule has 0 aliphatic heterocycles. The number of ether oxygens (including phenoxy) is 1. The van der Waals surface area contributed by atoms with Crippen LogP contribution in [-0.4, -0.2) is 60.8 Å². The van der Waals surface area contributed by atoms with Gasteiger partial charge in [-0.15, -0.1) is 5.10 Å². The maximum atomic E-state index is 13.0. The number of nitrogens with one attached hydrogen (secondary N) is 1. The highest BCUT2D eigenvalue weighted by molar-refractivity contribution is 6.11. The van der Waals surface area contributed by atoms with E-state index in [1.807, 2.05) is 30.3 Å². The van der Waals surface area contributed by atoms with Crippen LogP contribution in [0, 0.1) is 0 Å². The topological polar surface area (TPSA) is 124 Å². The minimum atomic E-state index is -0.522. The first-order valence-corrected chi connectivity index (χ1v) is 9.97. The van der Waals surface area contributed by atoms with Crippen LogP contribution in [0.15, 0.2) is 54.9 Å². The van der Waals surface area contributed by atoms with Crippen molar-refractivity contribution in [1.82, 2.24) is 29.3 Å². The normalized spacial score (nSPS) is 10.8. The second-order valence-corrected chi connectivity index (χ2v) is 7.27. The molecule has 1 aromatic carbocycles. The number of amides is 2. The summed E-state index contributed by atoms with van der Waals surface area (Å²) in [6, 6.07) is 12.9. The van der Waals surface area contributed by atoms with Crippen LogP contribution in [0.3, 0.4) is 0 Å². The SMILES string of the molecule is CC(=O)OCN(C)C(=O)c1cnn(C)c1C(=O)Nc1ccn2nc(-c3ccccc3)nc2c1. The van der Waals surface area contributed by atoms with Crippen molar-refractivity contribution in [1.29, 1.82) is 0 Å². The van der Waals surface area contributed by atoms with Crippen molar-refractivity contribution in [3.05, 3.63) is 66.1 Å². The monoisotopic (exact) mass is 447 g/mol. The Morgan fingerprint density at radius 3 is 2.64 bits per heavy atom. The van der Waals surface area contributed by atoms with Gasteiger partial charge in [-0.3, -0.25) is 19.1 Å². The van der Waals surface area contributed by atoms with E-state index in [0.29, 0.717) is 17.2 Å². The smallest absolute Gasteiger partial charge is 0.304 e. The van der Waals surface area contributed by atoms with Crippen molar-refractivity contribution in [2.75, 3.05) is 19.1 Å². The van der Waals surface area contributed by atoms with E-state index in [-0.39, 0.29) is 18.0 Å². The average Bonchev–Trinajstić information content (AvgIpc) is 3.40. The summed E-state index contributed by atoms with van der Waals surface area (Å²) >= 11 is 0. The van der Waals surface area contributed by atoms with Crippen LogP contribution < -0.4 is 5.32 Å². The molecule has 0 radical (unpaired) electrons. The number of rotatable bonds is 6. The molecule has 168 valence electrons. The third kappa shape index (κ3) is 4.56. The fraction of sp³-hybridized carbons (Fsp3) is 0.182. The van der Waals surface area contributed by atoms with Gasteiger partial charge in [0.1, 0.15) is 5.69 Å². The Hall–Kier alpha value is -4.54. The third-order valence-corrected chi connectivity index (χ3v) is 4.82. The summed E-state index contributed by atoms with van der Waals surface area (Å²) in [6.07, 6.45) is 2.99. The molecule has 0 atom stereocenters. The van der Waals surface area contributed by atoms with Gasteiger partial charge in [-0.2, -0.15) is 5.10 Å². The van der Waals surface area contributed by atoms with Gasteiger partial charge in [0.25, 0.3) is 11.8 Å². The van der Waals surface area contributed by atoms with Crippen molar-refractivity contribution in [3.8, 4) is 11.4 Å². The summed E-state index contributed by atoms with van der Waals surface area (Å²) in [6.45, 7) is 1.01. The van der Waals surface area contributed by atoms with Crippen molar-refractivity contribution in [3.63, 3.8) is 0 Å². The summed E-state index contributed by atoms with van der Waals surface area (Å²) in [5.74, 6) is -0.978. The van der Waals surface area contributed by atoms with E-state index in [1.54, 1.807) is 29.9 Å². The molecule has 0 aliphatic rings. The molecule has 0 saturated heterocycles. The number of carbonyl (C=O) groups is 3. The first-order valence-electron chi connectivity index (χ1n) is 9.97. The highest BCUT2D eigenvalue weighted by atomic mass is 16.5. The van der Waals surface area contributed by atoms with Crippen molar-refractivity contribution in [2.45, 2.75) is 6.92 Å². The van der Waals surface area contributed by atoms with Gasteiger partial charge in [0.2, 0.25) is 0 Å². The molecule has 3 aromatic heterocycles. The Bertz CT molecular complexity index is 1340. The number of aryl methyl sites for hydroxylation is 1. The van der Waals surface area contributed by atoms with Gasteiger partial charge >= 0.3 is 5.97 Å². The molecule has 33 heavy (non-hydrogen) atoms. The van der Waals surface area contributed by atoms with Crippen molar-refractivity contribution >= 4 is 29.1 Å². The molecule has 2 amide bonds. The first-order chi connectivity index (χ1) is 15.8. The molecule has 0 spiro atoms. The molecule has 0 saturated carbocycles. The number of fused-ring (bicyclic) bond motifs is 1. The summed E-state index contributed by atoms with van der Waals surface area (Å²) in [4.78, 5) is 42.5. The maximum Gasteiger partial charge on any atom is 0.304 e. The maximum absolute atomic E-state index is 13.0. The fourth-order valence-electron chi connectivity index (χ4n) is 3.17. The Morgan fingerprint density at radius 2 is 1.91 bits per heavy atom. The van der Waals surface area contributed by atoms with Crippen LogP contribution in [0.25, 0.3) is 17.0 Å². The van der Waals surface area contributed by atoms with Gasteiger partial charge in [-0.25, -0.2) is 9.50 Å². The number of carbonyl (C=O) groups excluding carboxylic acids is 3. The van der Waals surface area contributed by atoms with E-state index in [2.05, 4.69) is 20.5 Å². The second kappa shape index (κ2) is 8.91. The number of anilines is 1. The Kier molecular flexibility index (Phi) is 5.85. The largest absolute Gasteiger partial charge is 0.444 e. The van der Waals surface area contributed by atoms with E-state index in [1.165, 1.54) is 29.7 Å². The molecule has 3 heterocycles. The van der Waals surface area contributed by atoms with Crippen molar-refractivity contribution < 1.29 is 19.1 Å². The minimum absolute atomic E-state index is 0.0704. The summed E-state index contributed by atoms with van der Waals surface area (Å²) in [7, 11) is 3.02. The lowest BCUT2D eigenvalue weighted by molar-refractivity contribution is -0.144. The standard InChI is InChI=1S/C22H21N7O4/c1-14(30)33-13-27(2)22(32)17-12-23-28(3)19(17)21(31)24-16-9-10-29-18(11-16)25-20(26-29)15-7-5-4-6-8-15/h4-12H,13H2,1-3H3,(H,24,31). The molecule has 0 bridgehead atoms. The second-order valence-electron chi connectivity index (χ2n) is 7.27. The zero-order valence-electron chi connectivity index (χ0n) is 18.2. The summed E-state index contributed by atoms with van der Waals surface area (Å²) < 4.78 is 7.77. The van der Waals surface area contributed by atoms with Crippen LogP contribution in [0.1, 0.15) is 27.8 Å². The van der Waals surface area contributed by atoms with Gasteiger partial charge in [0.05, 0.1) is 11.8 Å². The molecule has 0 fully saturated rings. The zero-order chi connectivity index (χ0) is 23.5. The highest BCUT2D eigenvalue weighted by Gasteiger charge is 2.25. The quantitative estimate of drug-likeness (QED) is 0.354. The molecule has 11 heteroatoms. The Morgan fingerprint density at radius 1 is 1.15 bits per heavy atom. The molecular formula is C22H21N7O4. The first kappa shape index (κ1) is 21.7. The van der Waals surface area contributed by atoms with E-state index in [4.69, 9.17) is 4.74 Å². The third-order valence-electron chi connectivity index (χ3n) is 4.82. The molecule has 0 aliphatic carbocycles. The van der Waals surface area contributed by atoms with Crippen molar-refractivity contribution in [2.24, 2.45) is 7.05 Å². The van der Waals surface area contributed by atoms with Crippen LogP contribution >= 0.6 is 0 Å². The van der Waals surface area contributed by atoms with Gasteiger partial charge < -0.3 is 15.0 Å². The van der Waals surface area contributed by atoms with E-state index < -0.39 is 17.8 Å². The molecule has 11 nitrogen and oxygen atoms in total. The lowest BCUT2D eigenvalue weighted by Gasteiger charge is -2.16. The molecule has 4 aromatic rings. The number of pyridine rings is 1. The lowest BCUT2D eigenvalue weighted by Crippen LogP contribution is -2.31. The molecule has 4 rings (SSSR count). The summed E-state index contributed by atoms with van der Waals surface area (Å²) in [5.41, 5.74) is 2.06. The molecule has 1 N–H and O–H groups in total. The van der Waals surface area contributed by atoms with Crippen LogP contribution in [0.4, 0.5) is 5.69 Å². The predicted octanol–water partition coefficient (Wildman–Crippen LogP) is 1.97. The van der Waals surface area contributed by atoms with Gasteiger partial charge in [-0.05, 0) is 6.07 Å². The van der Waals surface area contributed by atoms with Gasteiger partial charge in [0, 0.05) is 44.5 Å². The number of aromatic nitrogens is 5. The summed E-state index contributed by atoms with van der Waals surface area (Å²) in [5, 5.41) is 11.3. The van der Waals surface area contributed by atoms with Crippen LogP contribution in [-0.2, 0) is 16.6 Å². The Balaban J connectivity index is 1.55. The zero-order valence-corrected chi connectivity index (χ0v) is 18.2. The number of benzene rings is 1. The fourth-order valence-corrected chi connectivity index (χ4v) is 3.17. The number of nitrogens with zero attached hydrogens (tertiary/aromatic N) is 6. The minimum Gasteiger partial charge on any atom is -0.444 e. The average molecular weight is 447 g/mol. The Labute approximate surface area is 188 Å². The van der Waals surface area contributed by atoms with Gasteiger partial charge in [-0.1, -0.05) is 30.3 Å². The van der Waals surface area contributed by atoms with Crippen LogP contribution in [0.5, 0.6) is 0 Å². The van der Waals surface area contributed by atoms with E-state index in [0.717, 1.165) is 5.56 Å². The highest BCUT2D eigenvalue weighted by Crippen LogP contribution is 2.19. The lowest BCUT2D eigenvalue weighted by atomic mass is 10.2. The van der Waals surface area contributed by atoms with E-state index in [9.17, 15) is 14.4 Å². The van der Waals surface area contributed by atoms with Crippen LogP contribution in [0.2, 0.25) is 0 Å². The van der Waals surface area contributed by atoms with Gasteiger partial charge in [0.15, 0.2) is 18.2 Å². The predicted molar refractivity (Wildman–Crippen MR) is 118 cm³/mol. The van der Waals surface area contributed by atoms with E-state index >= 15 is 0 Å². The molecular weight excluding hydrogens is 426 g/mol. The number of esters is 1. The molecule has 0 unspecified atom stereocenters.